The Bertz CT molecular complexity index is 529. The SMILES string of the molecule is COc1cnc2c(c1)C1(CCC(=O)CC1)C(=O)N2. The third-order valence-electron chi connectivity index (χ3n) is 3.94. The van der Waals surface area contributed by atoms with Crippen LogP contribution in [-0.4, -0.2) is 23.8 Å². The zero-order chi connectivity index (χ0) is 12.8. The van der Waals surface area contributed by atoms with Crippen molar-refractivity contribution in [1.29, 1.82) is 0 Å². The van der Waals surface area contributed by atoms with E-state index in [2.05, 4.69) is 10.3 Å². The van der Waals surface area contributed by atoms with Gasteiger partial charge in [0.15, 0.2) is 0 Å². The average Bonchev–Trinajstić information content (AvgIpc) is 2.65. The van der Waals surface area contributed by atoms with Gasteiger partial charge in [-0.25, -0.2) is 4.98 Å². The lowest BCUT2D eigenvalue weighted by atomic mass is 9.70. The molecule has 5 nitrogen and oxygen atoms in total. The quantitative estimate of drug-likeness (QED) is 0.813. The van der Waals surface area contributed by atoms with Crippen molar-refractivity contribution in [1.82, 2.24) is 4.98 Å². The molecule has 18 heavy (non-hydrogen) atoms. The van der Waals surface area contributed by atoms with Gasteiger partial charge in [0.05, 0.1) is 18.7 Å². The molecule has 94 valence electrons. The summed E-state index contributed by atoms with van der Waals surface area (Å²) in [6, 6.07) is 1.86. The molecule has 2 heterocycles. The Kier molecular flexibility index (Phi) is 2.36. The molecule has 1 aromatic heterocycles. The number of carbonyl (C=O) groups is 2. The molecule has 5 heteroatoms. The van der Waals surface area contributed by atoms with Crippen molar-refractivity contribution in [3.05, 3.63) is 17.8 Å². The molecule has 0 radical (unpaired) electrons. The summed E-state index contributed by atoms with van der Waals surface area (Å²) >= 11 is 0. The number of Topliss-reactive ketones (excluding diaryl/α,β-unsaturated/α-hetero) is 1. The molecule has 0 saturated heterocycles. The van der Waals surface area contributed by atoms with E-state index in [9.17, 15) is 9.59 Å². The smallest absolute Gasteiger partial charge is 0.236 e. The van der Waals surface area contributed by atoms with E-state index in [4.69, 9.17) is 4.74 Å². The summed E-state index contributed by atoms with van der Waals surface area (Å²) in [6.45, 7) is 0. The van der Waals surface area contributed by atoms with Crippen LogP contribution in [0, 0.1) is 0 Å². The third kappa shape index (κ3) is 1.43. The molecule has 0 bridgehead atoms. The molecule has 0 atom stereocenters. The summed E-state index contributed by atoms with van der Waals surface area (Å²) in [7, 11) is 1.57. The molecule has 1 spiro atoms. The number of nitrogens with one attached hydrogen (secondary N) is 1. The van der Waals surface area contributed by atoms with E-state index in [1.807, 2.05) is 6.07 Å². The predicted molar refractivity (Wildman–Crippen MR) is 64.6 cm³/mol. The molecular weight excluding hydrogens is 232 g/mol. The molecule has 1 N–H and O–H groups in total. The highest BCUT2D eigenvalue weighted by molar-refractivity contribution is 6.06. The van der Waals surface area contributed by atoms with E-state index in [0.29, 0.717) is 37.3 Å². The van der Waals surface area contributed by atoms with E-state index in [1.165, 1.54) is 0 Å². The molecule has 1 aliphatic carbocycles. The highest BCUT2D eigenvalue weighted by atomic mass is 16.5. The largest absolute Gasteiger partial charge is 0.495 e. The Hall–Kier alpha value is -1.91. The molecule has 1 saturated carbocycles. The Morgan fingerprint density at radius 2 is 2.06 bits per heavy atom. The standard InChI is InChI=1S/C13H14N2O3/c1-18-9-6-10-11(14-7-9)15-12(17)13(10)4-2-8(16)3-5-13/h6-7H,2-5H2,1H3,(H,14,15,17). The summed E-state index contributed by atoms with van der Waals surface area (Å²) < 4.78 is 5.16. The number of carbonyl (C=O) groups excluding carboxylic acids is 2. The highest BCUT2D eigenvalue weighted by Crippen LogP contribution is 2.46. The van der Waals surface area contributed by atoms with Gasteiger partial charge in [-0.2, -0.15) is 0 Å². The number of anilines is 1. The van der Waals surface area contributed by atoms with Gasteiger partial charge in [0.1, 0.15) is 17.4 Å². The predicted octanol–water partition coefficient (Wildman–Crippen LogP) is 1.42. The van der Waals surface area contributed by atoms with Crippen LogP contribution >= 0.6 is 0 Å². The van der Waals surface area contributed by atoms with Gasteiger partial charge in [-0.15, -0.1) is 0 Å². The number of ether oxygens (including phenoxy) is 1. The Morgan fingerprint density at radius 3 is 2.72 bits per heavy atom. The minimum atomic E-state index is -0.579. The Morgan fingerprint density at radius 1 is 1.33 bits per heavy atom. The van der Waals surface area contributed by atoms with Crippen LogP contribution in [0.15, 0.2) is 12.3 Å². The van der Waals surface area contributed by atoms with Crippen molar-refractivity contribution < 1.29 is 14.3 Å². The number of nitrogens with zero attached hydrogens (tertiary/aromatic N) is 1. The van der Waals surface area contributed by atoms with Crippen molar-refractivity contribution in [2.75, 3.05) is 12.4 Å². The van der Waals surface area contributed by atoms with Gasteiger partial charge in [0.2, 0.25) is 5.91 Å². The zero-order valence-corrected chi connectivity index (χ0v) is 10.2. The maximum atomic E-state index is 12.2. The van der Waals surface area contributed by atoms with Crippen LogP contribution in [-0.2, 0) is 15.0 Å². The maximum Gasteiger partial charge on any atom is 0.236 e. The van der Waals surface area contributed by atoms with Crippen LogP contribution in [0.1, 0.15) is 31.2 Å². The number of amides is 1. The second-order valence-corrected chi connectivity index (χ2v) is 4.85. The van der Waals surface area contributed by atoms with Gasteiger partial charge in [-0.1, -0.05) is 0 Å². The molecular formula is C13H14N2O3. The van der Waals surface area contributed by atoms with Gasteiger partial charge < -0.3 is 10.1 Å². The van der Waals surface area contributed by atoms with Crippen molar-refractivity contribution in [3.8, 4) is 5.75 Å². The normalized spacial score (nSPS) is 20.7. The molecule has 1 aliphatic heterocycles. The van der Waals surface area contributed by atoms with Gasteiger partial charge in [-0.3, -0.25) is 9.59 Å². The lowest BCUT2D eigenvalue weighted by molar-refractivity contribution is -0.126. The molecule has 0 unspecified atom stereocenters. The molecule has 1 amide bonds. The van der Waals surface area contributed by atoms with Gasteiger partial charge in [0.25, 0.3) is 0 Å². The fourth-order valence-electron chi connectivity index (χ4n) is 2.82. The molecule has 1 fully saturated rings. The first-order valence-corrected chi connectivity index (χ1v) is 6.03. The molecule has 1 aromatic rings. The van der Waals surface area contributed by atoms with Crippen LogP contribution in [0.2, 0.25) is 0 Å². The average molecular weight is 246 g/mol. The van der Waals surface area contributed by atoms with Gasteiger partial charge in [0, 0.05) is 18.4 Å². The van der Waals surface area contributed by atoms with Crippen LogP contribution in [0.4, 0.5) is 5.82 Å². The fraction of sp³-hybridized carbons (Fsp3) is 0.462. The summed E-state index contributed by atoms with van der Waals surface area (Å²) in [5, 5.41) is 2.81. The lowest BCUT2D eigenvalue weighted by Gasteiger charge is -2.30. The number of aromatic nitrogens is 1. The molecule has 0 aromatic carbocycles. The summed E-state index contributed by atoms with van der Waals surface area (Å²) in [5.41, 5.74) is 0.296. The fourth-order valence-corrected chi connectivity index (χ4v) is 2.82. The second-order valence-electron chi connectivity index (χ2n) is 4.85. The summed E-state index contributed by atoms with van der Waals surface area (Å²) in [5.74, 6) is 1.44. The van der Waals surface area contributed by atoms with Crippen LogP contribution in [0.3, 0.4) is 0 Å². The number of hydrogen-bond acceptors (Lipinski definition) is 4. The summed E-state index contributed by atoms with van der Waals surface area (Å²) in [6.07, 6.45) is 3.65. The number of hydrogen-bond donors (Lipinski definition) is 1. The number of rotatable bonds is 1. The van der Waals surface area contributed by atoms with Gasteiger partial charge in [-0.05, 0) is 18.9 Å². The lowest BCUT2D eigenvalue weighted by Crippen LogP contribution is -2.38. The van der Waals surface area contributed by atoms with Crippen molar-refractivity contribution in [3.63, 3.8) is 0 Å². The van der Waals surface area contributed by atoms with Crippen LogP contribution < -0.4 is 10.1 Å². The van der Waals surface area contributed by atoms with Crippen molar-refractivity contribution in [2.45, 2.75) is 31.1 Å². The number of pyridine rings is 1. The van der Waals surface area contributed by atoms with Crippen molar-refractivity contribution in [2.24, 2.45) is 0 Å². The Balaban J connectivity index is 2.07. The first-order chi connectivity index (χ1) is 8.65. The van der Waals surface area contributed by atoms with Crippen LogP contribution in [0.5, 0.6) is 5.75 Å². The van der Waals surface area contributed by atoms with Gasteiger partial charge >= 0.3 is 0 Å². The first-order valence-electron chi connectivity index (χ1n) is 6.03. The van der Waals surface area contributed by atoms with Crippen LogP contribution in [0.25, 0.3) is 0 Å². The topological polar surface area (TPSA) is 68.3 Å². The van der Waals surface area contributed by atoms with Crippen molar-refractivity contribution >= 4 is 17.5 Å². The zero-order valence-electron chi connectivity index (χ0n) is 10.2. The van der Waals surface area contributed by atoms with E-state index in [-0.39, 0.29) is 11.7 Å². The summed E-state index contributed by atoms with van der Waals surface area (Å²) in [4.78, 5) is 27.8. The first kappa shape index (κ1) is 11.2. The second kappa shape index (κ2) is 3.80. The van der Waals surface area contributed by atoms with E-state index < -0.39 is 5.41 Å². The minimum Gasteiger partial charge on any atom is -0.495 e. The number of fused-ring (bicyclic) bond motifs is 2. The highest BCUT2D eigenvalue weighted by Gasteiger charge is 2.49. The van der Waals surface area contributed by atoms with E-state index in [1.54, 1.807) is 13.3 Å². The van der Waals surface area contributed by atoms with E-state index in [0.717, 1.165) is 5.56 Å². The minimum absolute atomic E-state index is 0.0363. The monoisotopic (exact) mass is 246 g/mol. The van der Waals surface area contributed by atoms with E-state index >= 15 is 0 Å². The maximum absolute atomic E-state index is 12.2. The Labute approximate surface area is 105 Å². The molecule has 2 aliphatic rings. The number of ketones is 1. The number of methoxy groups -OCH3 is 1. The third-order valence-corrected chi connectivity index (χ3v) is 3.94. The molecule has 3 rings (SSSR count).